The lowest BCUT2D eigenvalue weighted by atomic mass is 10.1. The van der Waals surface area contributed by atoms with E-state index in [0.29, 0.717) is 21.3 Å². The molecule has 0 spiro atoms. The number of carbonyl (C=O) groups is 1. The minimum Gasteiger partial charge on any atom is -0.490 e. The van der Waals surface area contributed by atoms with Crippen LogP contribution < -0.4 is 9.47 Å². The van der Waals surface area contributed by atoms with E-state index >= 15 is 0 Å². The number of hydrogen-bond donors (Lipinski definition) is 0. The third kappa shape index (κ3) is 5.93. The second-order valence-electron chi connectivity index (χ2n) is 7.66. The summed E-state index contributed by atoms with van der Waals surface area (Å²) in [6.07, 6.45) is 1.69. The maximum absolute atomic E-state index is 13.0. The first-order chi connectivity index (χ1) is 17.8. The number of nitro benzene ring substituents is 2. The number of thioether (sulfide) groups is 1. The molecule has 0 aliphatic carbocycles. The Balaban J connectivity index is 1.60. The van der Waals surface area contributed by atoms with Crippen molar-refractivity contribution in [1.29, 1.82) is 0 Å². The monoisotopic (exact) mass is 537 g/mol. The standard InChI is InChI=1S/C25H19N3O7S2/c1-2-34-22-12-17(13-23-24(29)26(25(36)37-23)15-16-6-4-3-5-7-16)8-10-21(22)35-20-11-9-18(27(30)31)14-19(20)28(32)33/h3-14H,2,15H2,1H3/b23-13-. The Hall–Kier alpha value is -4.29. The highest BCUT2D eigenvalue weighted by atomic mass is 32.2. The average molecular weight is 538 g/mol. The highest BCUT2D eigenvalue weighted by molar-refractivity contribution is 8.26. The molecule has 0 saturated carbocycles. The van der Waals surface area contributed by atoms with Gasteiger partial charge in [-0.15, -0.1) is 0 Å². The smallest absolute Gasteiger partial charge is 0.318 e. The van der Waals surface area contributed by atoms with Gasteiger partial charge in [-0.2, -0.15) is 0 Å². The molecule has 3 aromatic rings. The molecule has 12 heteroatoms. The van der Waals surface area contributed by atoms with Crippen molar-refractivity contribution in [2.75, 3.05) is 6.61 Å². The van der Waals surface area contributed by atoms with Crippen molar-refractivity contribution in [1.82, 2.24) is 4.90 Å². The Morgan fingerprint density at radius 1 is 0.973 bits per heavy atom. The van der Waals surface area contributed by atoms with E-state index < -0.39 is 21.2 Å². The molecular weight excluding hydrogens is 518 g/mol. The van der Waals surface area contributed by atoms with Gasteiger partial charge >= 0.3 is 5.69 Å². The average Bonchev–Trinajstić information content (AvgIpc) is 3.13. The molecule has 0 aromatic heterocycles. The summed E-state index contributed by atoms with van der Waals surface area (Å²) in [7, 11) is 0. The molecule has 1 aliphatic rings. The van der Waals surface area contributed by atoms with E-state index in [1.165, 1.54) is 16.7 Å². The van der Waals surface area contributed by atoms with Crippen LogP contribution in [0.15, 0.2) is 71.6 Å². The van der Waals surface area contributed by atoms with E-state index in [-0.39, 0.29) is 29.8 Å². The number of nitro groups is 2. The lowest BCUT2D eigenvalue weighted by molar-refractivity contribution is -0.394. The molecule has 1 amide bonds. The highest BCUT2D eigenvalue weighted by Gasteiger charge is 2.32. The van der Waals surface area contributed by atoms with Crippen LogP contribution in [0.5, 0.6) is 17.2 Å². The number of rotatable bonds is 9. The fourth-order valence-corrected chi connectivity index (χ4v) is 4.74. The molecule has 1 heterocycles. The van der Waals surface area contributed by atoms with Crippen molar-refractivity contribution in [2.45, 2.75) is 13.5 Å². The number of hydrogen-bond acceptors (Lipinski definition) is 9. The van der Waals surface area contributed by atoms with E-state index in [9.17, 15) is 25.0 Å². The van der Waals surface area contributed by atoms with E-state index in [1.807, 2.05) is 30.3 Å². The largest absolute Gasteiger partial charge is 0.490 e. The van der Waals surface area contributed by atoms with Crippen LogP contribution in [0.1, 0.15) is 18.1 Å². The second kappa shape index (κ2) is 11.2. The van der Waals surface area contributed by atoms with E-state index in [4.69, 9.17) is 21.7 Å². The van der Waals surface area contributed by atoms with Gasteiger partial charge in [0.1, 0.15) is 4.32 Å². The Labute approximate surface area is 220 Å². The Kier molecular flexibility index (Phi) is 7.80. The molecule has 1 aliphatic heterocycles. The van der Waals surface area contributed by atoms with Crippen molar-refractivity contribution in [3.05, 3.63) is 103 Å². The molecule has 0 N–H and O–H groups in total. The van der Waals surface area contributed by atoms with Gasteiger partial charge in [-0.1, -0.05) is 60.4 Å². The van der Waals surface area contributed by atoms with Crippen molar-refractivity contribution in [2.24, 2.45) is 0 Å². The first kappa shape index (κ1) is 25.8. The summed E-state index contributed by atoms with van der Waals surface area (Å²) in [5.74, 6) is 0.0703. The normalized spacial score (nSPS) is 14.2. The van der Waals surface area contributed by atoms with Crippen molar-refractivity contribution >= 4 is 51.7 Å². The maximum atomic E-state index is 13.0. The number of thiocarbonyl (C=S) groups is 1. The summed E-state index contributed by atoms with van der Waals surface area (Å²) < 4.78 is 11.8. The minimum absolute atomic E-state index is 0.174. The van der Waals surface area contributed by atoms with Crippen LogP contribution in [0, 0.1) is 20.2 Å². The summed E-state index contributed by atoms with van der Waals surface area (Å²) in [5.41, 5.74) is 0.613. The van der Waals surface area contributed by atoms with Crippen molar-refractivity contribution in [3.63, 3.8) is 0 Å². The fourth-order valence-electron chi connectivity index (χ4n) is 3.49. The van der Waals surface area contributed by atoms with Gasteiger partial charge in [0, 0.05) is 6.07 Å². The summed E-state index contributed by atoms with van der Waals surface area (Å²) >= 11 is 6.61. The van der Waals surface area contributed by atoms with Gasteiger partial charge in [-0.3, -0.25) is 29.9 Å². The van der Waals surface area contributed by atoms with Crippen molar-refractivity contribution in [3.8, 4) is 17.2 Å². The lowest BCUT2D eigenvalue weighted by Crippen LogP contribution is -2.27. The number of ether oxygens (including phenoxy) is 2. The SMILES string of the molecule is CCOc1cc(/C=C2\SC(=S)N(Cc3ccccc3)C2=O)ccc1Oc1ccc([N+](=O)[O-])cc1[N+](=O)[O-]. The molecule has 3 aromatic carbocycles. The summed E-state index contributed by atoms with van der Waals surface area (Å²) in [6.45, 7) is 2.41. The minimum atomic E-state index is -0.755. The number of nitrogens with zero attached hydrogens (tertiary/aromatic N) is 3. The molecule has 37 heavy (non-hydrogen) atoms. The number of amides is 1. The first-order valence-electron chi connectivity index (χ1n) is 10.9. The Bertz CT molecular complexity index is 1430. The summed E-state index contributed by atoms with van der Waals surface area (Å²) in [6, 6.07) is 17.5. The molecule has 0 radical (unpaired) electrons. The third-order valence-corrected chi connectivity index (χ3v) is 6.57. The molecule has 10 nitrogen and oxygen atoms in total. The predicted molar refractivity (Wildman–Crippen MR) is 143 cm³/mol. The van der Waals surface area contributed by atoms with E-state index in [1.54, 1.807) is 31.2 Å². The maximum Gasteiger partial charge on any atom is 0.318 e. The van der Waals surface area contributed by atoms with Crippen LogP contribution in [0.4, 0.5) is 11.4 Å². The van der Waals surface area contributed by atoms with Crippen LogP contribution >= 0.6 is 24.0 Å². The molecule has 0 unspecified atom stereocenters. The fraction of sp³-hybridized carbons (Fsp3) is 0.120. The van der Waals surface area contributed by atoms with E-state index in [2.05, 4.69) is 0 Å². The zero-order valence-corrected chi connectivity index (χ0v) is 21.0. The predicted octanol–water partition coefficient (Wildman–Crippen LogP) is 6.10. The van der Waals surface area contributed by atoms with Crippen LogP contribution in [0.2, 0.25) is 0 Å². The molecule has 0 atom stereocenters. The molecule has 1 fully saturated rings. The van der Waals surface area contributed by atoms with Gasteiger partial charge in [0.15, 0.2) is 11.5 Å². The van der Waals surface area contributed by atoms with Crippen LogP contribution in [0.3, 0.4) is 0 Å². The first-order valence-corrected chi connectivity index (χ1v) is 12.2. The number of carbonyl (C=O) groups excluding carboxylic acids is 1. The van der Waals surface area contributed by atoms with Gasteiger partial charge < -0.3 is 9.47 Å². The number of benzene rings is 3. The van der Waals surface area contributed by atoms with Crippen molar-refractivity contribution < 1.29 is 24.1 Å². The topological polar surface area (TPSA) is 125 Å². The number of non-ortho nitro benzene ring substituents is 1. The van der Waals surface area contributed by atoms with E-state index in [0.717, 1.165) is 23.8 Å². The van der Waals surface area contributed by atoms with Crippen LogP contribution in [0.25, 0.3) is 6.08 Å². The highest BCUT2D eigenvalue weighted by Crippen LogP contribution is 2.40. The molecule has 4 rings (SSSR count). The van der Waals surface area contributed by atoms with Crippen LogP contribution in [-0.4, -0.2) is 31.6 Å². The molecule has 188 valence electrons. The molecular formula is C25H19N3O7S2. The van der Waals surface area contributed by atoms with Gasteiger partial charge in [-0.05, 0) is 42.3 Å². The second-order valence-corrected chi connectivity index (χ2v) is 9.34. The zero-order valence-electron chi connectivity index (χ0n) is 19.4. The third-order valence-electron chi connectivity index (χ3n) is 5.19. The lowest BCUT2D eigenvalue weighted by Gasteiger charge is -2.14. The Morgan fingerprint density at radius 2 is 1.70 bits per heavy atom. The van der Waals surface area contributed by atoms with Gasteiger partial charge in [0.05, 0.1) is 34.0 Å². The van der Waals surface area contributed by atoms with Gasteiger partial charge in [0.25, 0.3) is 11.6 Å². The Morgan fingerprint density at radius 3 is 2.38 bits per heavy atom. The van der Waals surface area contributed by atoms with Crippen LogP contribution in [-0.2, 0) is 11.3 Å². The quantitative estimate of drug-likeness (QED) is 0.138. The zero-order chi connectivity index (χ0) is 26.5. The van der Waals surface area contributed by atoms with Gasteiger partial charge in [-0.25, -0.2) is 0 Å². The molecule has 1 saturated heterocycles. The molecule has 0 bridgehead atoms. The summed E-state index contributed by atoms with van der Waals surface area (Å²) in [4.78, 5) is 36.0. The summed E-state index contributed by atoms with van der Waals surface area (Å²) in [5, 5.41) is 22.5. The van der Waals surface area contributed by atoms with Gasteiger partial charge in [0.2, 0.25) is 5.75 Å².